The van der Waals surface area contributed by atoms with E-state index in [0.29, 0.717) is 19.4 Å². The second kappa shape index (κ2) is 6.87. The summed E-state index contributed by atoms with van der Waals surface area (Å²) in [6.45, 7) is 11.3. The summed E-state index contributed by atoms with van der Waals surface area (Å²) < 4.78 is 1.89. The number of hydrogen-bond donors (Lipinski definition) is 0. The van der Waals surface area contributed by atoms with Gasteiger partial charge in [0.05, 0.1) is 11.9 Å². The van der Waals surface area contributed by atoms with Crippen LogP contribution in [0.25, 0.3) is 4.96 Å². The van der Waals surface area contributed by atoms with E-state index in [4.69, 9.17) is 10.1 Å². The van der Waals surface area contributed by atoms with Crippen LogP contribution in [-0.4, -0.2) is 75.5 Å². The van der Waals surface area contributed by atoms with Gasteiger partial charge in [-0.1, -0.05) is 32.1 Å². The Morgan fingerprint density at radius 1 is 1.04 bits per heavy atom. The number of amides is 2. The quantitative estimate of drug-likeness (QED) is 0.734. The lowest BCUT2D eigenvalue weighted by Gasteiger charge is -2.34. The average molecular weight is 391 g/mol. The predicted octanol–water partition coefficient (Wildman–Crippen LogP) is 1.36. The molecule has 0 unspecified atom stereocenters. The Morgan fingerprint density at radius 3 is 2.30 bits per heavy atom. The monoisotopic (exact) mass is 390 g/mol. The summed E-state index contributed by atoms with van der Waals surface area (Å²) in [5.74, 6) is -0.0567. The molecule has 27 heavy (non-hydrogen) atoms. The molecule has 0 atom stereocenters. The van der Waals surface area contributed by atoms with Crippen LogP contribution in [0.4, 0.5) is 5.13 Å². The van der Waals surface area contributed by atoms with Gasteiger partial charge in [0.25, 0.3) is 0 Å². The first kappa shape index (κ1) is 18.4. The maximum atomic E-state index is 11.7. The number of piperazine rings is 1. The van der Waals surface area contributed by atoms with Gasteiger partial charge >= 0.3 is 0 Å². The molecule has 0 radical (unpaired) electrons. The lowest BCUT2D eigenvalue weighted by Crippen LogP contribution is -2.49. The fraction of sp³-hybridized carbons (Fsp3) is 0.667. The Bertz CT molecular complexity index is 811. The SMILES string of the molecule is CC(C)(C)c1cn2nc(N3CCN(CCN4C(=O)CCC4=O)CC3)sc2n1. The highest BCUT2D eigenvalue weighted by molar-refractivity contribution is 7.20. The van der Waals surface area contributed by atoms with Crippen LogP contribution >= 0.6 is 11.3 Å². The zero-order chi connectivity index (χ0) is 19.2. The molecule has 4 rings (SSSR count). The third kappa shape index (κ3) is 3.70. The molecule has 2 aromatic rings. The number of hydrogen-bond acceptors (Lipinski definition) is 7. The van der Waals surface area contributed by atoms with Crippen LogP contribution in [0.2, 0.25) is 0 Å². The van der Waals surface area contributed by atoms with Crippen molar-refractivity contribution in [1.29, 1.82) is 0 Å². The minimum atomic E-state index is -0.0283. The number of imide groups is 1. The molecule has 0 saturated carbocycles. The lowest BCUT2D eigenvalue weighted by molar-refractivity contribution is -0.138. The van der Waals surface area contributed by atoms with E-state index < -0.39 is 0 Å². The molecular formula is C18H26N6O2S. The number of nitrogens with zero attached hydrogens (tertiary/aromatic N) is 6. The predicted molar refractivity (Wildman–Crippen MR) is 104 cm³/mol. The smallest absolute Gasteiger partial charge is 0.229 e. The molecule has 4 heterocycles. The summed E-state index contributed by atoms with van der Waals surface area (Å²) in [6.07, 6.45) is 2.76. The number of anilines is 1. The van der Waals surface area contributed by atoms with Crippen molar-refractivity contribution in [2.24, 2.45) is 0 Å². The normalized spacial score (nSPS) is 19.7. The molecule has 0 N–H and O–H groups in total. The van der Waals surface area contributed by atoms with Gasteiger partial charge in [-0.25, -0.2) is 9.50 Å². The molecule has 2 aliphatic rings. The number of rotatable bonds is 4. The van der Waals surface area contributed by atoms with Crippen LogP contribution in [0.3, 0.4) is 0 Å². The number of fused-ring (bicyclic) bond motifs is 1. The first-order valence-corrected chi connectivity index (χ1v) is 10.3. The van der Waals surface area contributed by atoms with E-state index in [9.17, 15) is 9.59 Å². The minimum absolute atomic E-state index is 0.0251. The summed E-state index contributed by atoms with van der Waals surface area (Å²) in [6, 6.07) is 0. The second-order valence-electron chi connectivity index (χ2n) is 8.26. The average Bonchev–Trinajstić information content (AvgIpc) is 3.27. The lowest BCUT2D eigenvalue weighted by atomic mass is 9.93. The summed E-state index contributed by atoms with van der Waals surface area (Å²) >= 11 is 1.63. The Balaban J connectivity index is 1.32. The van der Waals surface area contributed by atoms with E-state index in [1.165, 1.54) is 4.90 Å². The Hall–Kier alpha value is -2.00. The van der Waals surface area contributed by atoms with E-state index >= 15 is 0 Å². The molecule has 9 heteroatoms. The van der Waals surface area contributed by atoms with Crippen molar-refractivity contribution in [2.75, 3.05) is 44.2 Å². The van der Waals surface area contributed by atoms with Gasteiger partial charge in [-0.3, -0.25) is 19.4 Å². The Kier molecular flexibility index (Phi) is 4.67. The van der Waals surface area contributed by atoms with Crippen LogP contribution in [0.1, 0.15) is 39.3 Å². The molecule has 0 aliphatic carbocycles. The highest BCUT2D eigenvalue weighted by Gasteiger charge is 2.29. The summed E-state index contributed by atoms with van der Waals surface area (Å²) in [7, 11) is 0. The number of carbonyl (C=O) groups excluding carboxylic acids is 2. The highest BCUT2D eigenvalue weighted by Crippen LogP contribution is 2.28. The van der Waals surface area contributed by atoms with Gasteiger partial charge in [-0.2, -0.15) is 0 Å². The van der Waals surface area contributed by atoms with Crippen LogP contribution in [-0.2, 0) is 15.0 Å². The molecule has 2 aliphatic heterocycles. The van der Waals surface area contributed by atoms with E-state index in [1.807, 2.05) is 10.7 Å². The third-order valence-electron chi connectivity index (χ3n) is 5.24. The number of likely N-dealkylation sites (tertiary alicyclic amines) is 1. The molecule has 2 amide bonds. The number of carbonyl (C=O) groups is 2. The van der Waals surface area contributed by atoms with Crippen molar-refractivity contribution in [3.63, 3.8) is 0 Å². The summed E-state index contributed by atoms with van der Waals surface area (Å²) in [5, 5.41) is 5.71. The molecule has 2 aromatic heterocycles. The van der Waals surface area contributed by atoms with Gasteiger partial charge in [0, 0.05) is 57.5 Å². The van der Waals surface area contributed by atoms with Crippen molar-refractivity contribution in [3.05, 3.63) is 11.9 Å². The van der Waals surface area contributed by atoms with Crippen molar-refractivity contribution in [2.45, 2.75) is 39.0 Å². The zero-order valence-corrected chi connectivity index (χ0v) is 17.0. The molecule has 0 aromatic carbocycles. The third-order valence-corrected chi connectivity index (χ3v) is 6.22. The maximum Gasteiger partial charge on any atom is 0.229 e. The van der Waals surface area contributed by atoms with Gasteiger partial charge in [0.1, 0.15) is 0 Å². The van der Waals surface area contributed by atoms with Crippen LogP contribution in [0.15, 0.2) is 6.20 Å². The summed E-state index contributed by atoms with van der Waals surface area (Å²) in [5.41, 5.74) is 1.08. The topological polar surface area (TPSA) is 74.1 Å². The van der Waals surface area contributed by atoms with Crippen molar-refractivity contribution >= 4 is 33.2 Å². The van der Waals surface area contributed by atoms with E-state index in [1.54, 1.807) is 11.3 Å². The highest BCUT2D eigenvalue weighted by atomic mass is 32.1. The fourth-order valence-electron chi connectivity index (χ4n) is 3.46. The molecule has 0 spiro atoms. The Morgan fingerprint density at radius 2 is 1.70 bits per heavy atom. The molecule has 146 valence electrons. The largest absolute Gasteiger partial charge is 0.344 e. The fourth-order valence-corrected chi connectivity index (χ4v) is 4.39. The van der Waals surface area contributed by atoms with Crippen molar-refractivity contribution in [1.82, 2.24) is 24.4 Å². The first-order valence-electron chi connectivity index (χ1n) is 9.48. The molecule has 0 bridgehead atoms. The van der Waals surface area contributed by atoms with Crippen LogP contribution < -0.4 is 4.90 Å². The molecule has 2 saturated heterocycles. The van der Waals surface area contributed by atoms with Crippen LogP contribution in [0.5, 0.6) is 0 Å². The Labute approximate surface area is 162 Å². The molecule has 8 nitrogen and oxygen atoms in total. The molecule has 2 fully saturated rings. The summed E-state index contributed by atoms with van der Waals surface area (Å²) in [4.78, 5) is 35.1. The first-order chi connectivity index (χ1) is 12.8. The number of imidazole rings is 1. The van der Waals surface area contributed by atoms with Gasteiger partial charge in [0.2, 0.25) is 21.9 Å². The number of aromatic nitrogens is 3. The van der Waals surface area contributed by atoms with Crippen LogP contribution in [0, 0.1) is 0 Å². The molecular weight excluding hydrogens is 364 g/mol. The van der Waals surface area contributed by atoms with E-state index in [-0.39, 0.29) is 17.2 Å². The minimum Gasteiger partial charge on any atom is -0.344 e. The van der Waals surface area contributed by atoms with Gasteiger partial charge in [0.15, 0.2) is 0 Å². The zero-order valence-electron chi connectivity index (χ0n) is 16.1. The second-order valence-corrected chi connectivity index (χ2v) is 9.19. The van der Waals surface area contributed by atoms with Gasteiger partial charge < -0.3 is 4.90 Å². The van der Waals surface area contributed by atoms with E-state index in [2.05, 4.69) is 30.6 Å². The maximum absolute atomic E-state index is 11.7. The standard InChI is InChI=1S/C18H26N6O2S/c1-18(2,3)13-12-24-16(19-13)27-17(20-24)22-9-6-21(7-10-22)8-11-23-14(25)4-5-15(23)26/h12H,4-11H2,1-3H3. The van der Waals surface area contributed by atoms with E-state index in [0.717, 1.165) is 48.5 Å². The van der Waals surface area contributed by atoms with Gasteiger partial charge in [-0.05, 0) is 0 Å². The van der Waals surface area contributed by atoms with Crippen molar-refractivity contribution < 1.29 is 9.59 Å². The van der Waals surface area contributed by atoms with Crippen molar-refractivity contribution in [3.8, 4) is 0 Å². The van der Waals surface area contributed by atoms with Gasteiger partial charge in [-0.15, -0.1) is 5.10 Å².